The van der Waals surface area contributed by atoms with Crippen molar-refractivity contribution in [1.82, 2.24) is 9.97 Å². The fraction of sp³-hybridized carbons (Fsp3) is 0.357. The van der Waals surface area contributed by atoms with Crippen LogP contribution < -0.4 is 19.8 Å². The lowest BCUT2D eigenvalue weighted by atomic mass is 9.97. The average molecular weight is 491 g/mol. The summed E-state index contributed by atoms with van der Waals surface area (Å²) in [5, 5.41) is 0.764. The standard InChI is InChI=1S/C28H30N2O4S/c1-4-18-13-17(2)14-20(15-18)33-11-12-34-22-10-9-19(16-23(22)32-3)26-29-27(31)25-21-7-5-6-8-24(21)35-28(25)30-26/h9-10,13-16H,4-8,11-12H2,1-3H3,(H,29,30,31). The van der Waals surface area contributed by atoms with E-state index in [1.807, 2.05) is 24.3 Å². The number of aryl methyl sites for hydroxylation is 4. The number of fused-ring (bicyclic) bond motifs is 3. The Bertz CT molecular complexity index is 1420. The number of rotatable bonds is 8. The van der Waals surface area contributed by atoms with Crippen LogP contribution in [0.25, 0.3) is 21.6 Å². The van der Waals surface area contributed by atoms with Gasteiger partial charge >= 0.3 is 0 Å². The Balaban J connectivity index is 1.31. The molecule has 2 aromatic heterocycles. The quantitative estimate of drug-likeness (QED) is 0.313. The molecular formula is C28H30N2O4S. The van der Waals surface area contributed by atoms with Gasteiger partial charge < -0.3 is 19.2 Å². The van der Waals surface area contributed by atoms with Crippen molar-refractivity contribution in [3.05, 3.63) is 68.3 Å². The third-order valence-electron chi connectivity index (χ3n) is 6.39. The van der Waals surface area contributed by atoms with Gasteiger partial charge in [-0.3, -0.25) is 4.79 Å². The molecule has 0 fully saturated rings. The van der Waals surface area contributed by atoms with E-state index in [1.165, 1.54) is 28.0 Å². The van der Waals surface area contributed by atoms with Crippen LogP contribution in [0.1, 0.15) is 41.3 Å². The van der Waals surface area contributed by atoms with E-state index in [9.17, 15) is 4.79 Å². The lowest BCUT2D eigenvalue weighted by Crippen LogP contribution is -2.11. The van der Waals surface area contributed by atoms with Crippen molar-refractivity contribution in [3.63, 3.8) is 0 Å². The summed E-state index contributed by atoms with van der Waals surface area (Å²) in [5.74, 6) is 2.60. The zero-order chi connectivity index (χ0) is 24.4. The average Bonchev–Trinajstić information content (AvgIpc) is 3.25. The lowest BCUT2D eigenvalue weighted by Gasteiger charge is -2.13. The van der Waals surface area contributed by atoms with Crippen molar-refractivity contribution in [1.29, 1.82) is 0 Å². The number of thiophene rings is 1. The van der Waals surface area contributed by atoms with Crippen LogP contribution in [0.5, 0.6) is 17.2 Å². The van der Waals surface area contributed by atoms with Crippen LogP contribution in [-0.4, -0.2) is 30.3 Å². The summed E-state index contributed by atoms with van der Waals surface area (Å²) in [7, 11) is 1.61. The molecule has 4 aromatic rings. The van der Waals surface area contributed by atoms with Gasteiger partial charge in [0.1, 0.15) is 29.6 Å². The smallest absolute Gasteiger partial charge is 0.260 e. The summed E-state index contributed by atoms with van der Waals surface area (Å²) in [6.07, 6.45) is 5.29. The highest BCUT2D eigenvalue weighted by molar-refractivity contribution is 7.18. The van der Waals surface area contributed by atoms with Gasteiger partial charge in [0, 0.05) is 10.4 Å². The number of aromatic nitrogens is 2. The molecule has 0 saturated heterocycles. The molecule has 1 aliphatic carbocycles. The van der Waals surface area contributed by atoms with Crippen molar-refractivity contribution in [3.8, 4) is 28.6 Å². The van der Waals surface area contributed by atoms with Crippen molar-refractivity contribution < 1.29 is 14.2 Å². The SMILES string of the molecule is CCc1cc(C)cc(OCCOc2ccc(-c3nc4sc5c(c4c(=O)[nH]3)CCCC5)cc2OC)c1. The number of H-pyrrole nitrogens is 1. The Morgan fingerprint density at radius 2 is 1.86 bits per heavy atom. The van der Waals surface area contributed by atoms with Crippen molar-refractivity contribution in [2.24, 2.45) is 0 Å². The predicted molar refractivity (Wildman–Crippen MR) is 140 cm³/mol. The van der Waals surface area contributed by atoms with Gasteiger partial charge in [0.05, 0.1) is 12.5 Å². The van der Waals surface area contributed by atoms with Gasteiger partial charge in [0.2, 0.25) is 0 Å². The molecule has 1 aliphatic rings. The molecule has 35 heavy (non-hydrogen) atoms. The number of ether oxygens (including phenoxy) is 3. The second-order valence-corrected chi connectivity index (χ2v) is 9.96. The first-order valence-corrected chi connectivity index (χ1v) is 13.0. The number of nitrogens with zero attached hydrogens (tertiary/aromatic N) is 1. The van der Waals surface area contributed by atoms with Crippen LogP contribution >= 0.6 is 11.3 Å². The van der Waals surface area contributed by atoms with E-state index in [2.05, 4.69) is 31.0 Å². The highest BCUT2D eigenvalue weighted by Gasteiger charge is 2.20. The summed E-state index contributed by atoms with van der Waals surface area (Å²) < 4.78 is 17.4. The Hall–Kier alpha value is -3.32. The maximum Gasteiger partial charge on any atom is 0.260 e. The zero-order valence-electron chi connectivity index (χ0n) is 20.4. The van der Waals surface area contributed by atoms with Crippen LogP contribution in [0.2, 0.25) is 0 Å². The van der Waals surface area contributed by atoms with E-state index in [1.54, 1.807) is 18.4 Å². The molecule has 0 bridgehead atoms. The van der Waals surface area contributed by atoms with Gasteiger partial charge in [0.25, 0.3) is 5.56 Å². The number of hydrogen-bond acceptors (Lipinski definition) is 6. The van der Waals surface area contributed by atoms with E-state index < -0.39 is 0 Å². The first kappa shape index (κ1) is 23.4. The fourth-order valence-electron chi connectivity index (χ4n) is 4.66. The molecule has 7 heteroatoms. The van der Waals surface area contributed by atoms with Crippen molar-refractivity contribution in [2.75, 3.05) is 20.3 Å². The topological polar surface area (TPSA) is 73.4 Å². The molecule has 5 rings (SSSR count). The van der Waals surface area contributed by atoms with Gasteiger partial charge in [-0.15, -0.1) is 11.3 Å². The maximum atomic E-state index is 12.9. The van der Waals surface area contributed by atoms with Crippen molar-refractivity contribution in [2.45, 2.75) is 46.0 Å². The summed E-state index contributed by atoms with van der Waals surface area (Å²) in [6.45, 7) is 5.01. The molecule has 0 unspecified atom stereocenters. The minimum absolute atomic E-state index is 0.0665. The molecule has 0 radical (unpaired) electrons. The Labute approximate surface area is 208 Å². The molecule has 0 aliphatic heterocycles. The van der Waals surface area contributed by atoms with E-state index in [0.717, 1.165) is 47.2 Å². The first-order chi connectivity index (χ1) is 17.1. The monoisotopic (exact) mass is 490 g/mol. The van der Waals surface area contributed by atoms with Crippen molar-refractivity contribution >= 4 is 21.6 Å². The molecule has 2 heterocycles. The largest absolute Gasteiger partial charge is 0.493 e. The molecule has 182 valence electrons. The van der Waals surface area contributed by atoms with E-state index in [-0.39, 0.29) is 5.56 Å². The third-order valence-corrected chi connectivity index (χ3v) is 7.58. The minimum Gasteiger partial charge on any atom is -0.493 e. The summed E-state index contributed by atoms with van der Waals surface area (Å²) in [5.41, 5.74) is 4.35. The van der Waals surface area contributed by atoms with Gasteiger partial charge in [-0.2, -0.15) is 0 Å². The summed E-state index contributed by atoms with van der Waals surface area (Å²) in [6, 6.07) is 11.9. The van der Waals surface area contributed by atoms with Gasteiger partial charge in [-0.05, 0) is 86.1 Å². The van der Waals surface area contributed by atoms with Gasteiger partial charge in [0.15, 0.2) is 11.5 Å². The summed E-state index contributed by atoms with van der Waals surface area (Å²) >= 11 is 1.65. The lowest BCUT2D eigenvalue weighted by molar-refractivity contribution is 0.211. The molecule has 2 aromatic carbocycles. The highest BCUT2D eigenvalue weighted by Crippen LogP contribution is 2.35. The normalized spacial score (nSPS) is 13.0. The number of nitrogens with one attached hydrogen (secondary N) is 1. The van der Waals surface area contributed by atoms with E-state index >= 15 is 0 Å². The molecule has 0 amide bonds. The van der Waals surface area contributed by atoms with E-state index in [4.69, 9.17) is 19.2 Å². The first-order valence-electron chi connectivity index (χ1n) is 12.1. The molecule has 6 nitrogen and oxygen atoms in total. The second kappa shape index (κ2) is 10.1. The molecule has 0 saturated carbocycles. The Kier molecular flexibility index (Phi) is 6.77. The maximum absolute atomic E-state index is 12.9. The zero-order valence-corrected chi connectivity index (χ0v) is 21.2. The molecular weight excluding hydrogens is 460 g/mol. The number of aromatic amines is 1. The van der Waals surface area contributed by atoms with Crippen LogP contribution in [0, 0.1) is 6.92 Å². The van der Waals surface area contributed by atoms with Gasteiger partial charge in [-0.1, -0.05) is 13.0 Å². The fourth-order valence-corrected chi connectivity index (χ4v) is 5.92. The second-order valence-electron chi connectivity index (χ2n) is 8.88. The summed E-state index contributed by atoms with van der Waals surface area (Å²) in [4.78, 5) is 22.8. The number of hydrogen-bond donors (Lipinski definition) is 1. The Morgan fingerprint density at radius 1 is 1.03 bits per heavy atom. The minimum atomic E-state index is -0.0665. The molecule has 0 spiro atoms. The van der Waals surface area contributed by atoms with Crippen LogP contribution in [0.15, 0.2) is 41.2 Å². The van der Waals surface area contributed by atoms with Crippen LogP contribution in [0.3, 0.4) is 0 Å². The number of benzene rings is 2. The third kappa shape index (κ3) is 4.91. The molecule has 0 atom stereocenters. The van der Waals surface area contributed by atoms with E-state index in [0.29, 0.717) is 30.5 Å². The van der Waals surface area contributed by atoms with Gasteiger partial charge in [-0.25, -0.2) is 4.98 Å². The number of methoxy groups -OCH3 is 1. The van der Waals surface area contributed by atoms with Crippen LogP contribution in [-0.2, 0) is 19.3 Å². The predicted octanol–water partition coefficient (Wildman–Crippen LogP) is 5.87. The molecule has 1 N–H and O–H groups in total. The Morgan fingerprint density at radius 3 is 2.69 bits per heavy atom. The highest BCUT2D eigenvalue weighted by atomic mass is 32.1. The van der Waals surface area contributed by atoms with Crippen LogP contribution in [0.4, 0.5) is 0 Å².